The van der Waals surface area contributed by atoms with E-state index in [1.807, 2.05) is 42.5 Å². The lowest BCUT2D eigenvalue weighted by Crippen LogP contribution is -2.15. The maximum Gasteiger partial charge on any atom is 0.340 e. The van der Waals surface area contributed by atoms with Crippen molar-refractivity contribution in [2.75, 3.05) is 12.3 Å². The molecule has 0 aromatic heterocycles. The number of benzene rings is 3. The van der Waals surface area contributed by atoms with Crippen molar-refractivity contribution in [2.45, 2.75) is 0 Å². The first-order valence-corrected chi connectivity index (χ1v) is 8.35. The molecule has 0 bridgehead atoms. The van der Waals surface area contributed by atoms with Crippen LogP contribution in [0.5, 0.6) is 0 Å². The zero-order valence-electron chi connectivity index (χ0n) is 14.7. The Kier molecular flexibility index (Phi) is 5.45. The van der Waals surface area contributed by atoms with Crippen molar-refractivity contribution in [1.29, 1.82) is 0 Å². The van der Waals surface area contributed by atoms with Crippen LogP contribution in [0.1, 0.15) is 20.7 Å². The Hall–Kier alpha value is -4.00. The summed E-state index contributed by atoms with van der Waals surface area (Å²) in [6.07, 6.45) is 0. The normalized spacial score (nSPS) is 10.3. The number of esters is 1. The second-order valence-corrected chi connectivity index (χ2v) is 5.97. The number of nitrogen functional groups attached to an aromatic ring is 1. The first kappa shape index (κ1) is 18.8. The van der Waals surface area contributed by atoms with Crippen LogP contribution >= 0.6 is 0 Å². The van der Waals surface area contributed by atoms with E-state index in [2.05, 4.69) is 0 Å². The topological polar surface area (TPSA) is 113 Å². The van der Waals surface area contributed by atoms with Crippen molar-refractivity contribution >= 4 is 23.1 Å². The van der Waals surface area contributed by atoms with Gasteiger partial charge in [0, 0.05) is 23.4 Å². The highest BCUT2D eigenvalue weighted by Gasteiger charge is 2.18. The van der Waals surface area contributed by atoms with Crippen molar-refractivity contribution in [3.63, 3.8) is 0 Å². The highest BCUT2D eigenvalue weighted by atomic mass is 16.6. The van der Waals surface area contributed by atoms with Gasteiger partial charge in [0.1, 0.15) is 0 Å². The molecule has 3 rings (SSSR count). The summed E-state index contributed by atoms with van der Waals surface area (Å²) in [5.41, 5.74) is 7.64. The number of anilines is 1. The monoisotopic (exact) mass is 376 g/mol. The fourth-order valence-electron chi connectivity index (χ4n) is 2.61. The van der Waals surface area contributed by atoms with Gasteiger partial charge >= 0.3 is 5.97 Å². The lowest BCUT2D eigenvalue weighted by Gasteiger charge is -2.07. The number of nitrogens with zero attached hydrogens (tertiary/aromatic N) is 1. The molecule has 140 valence electrons. The average molecular weight is 376 g/mol. The molecular weight excluding hydrogens is 360 g/mol. The molecule has 0 aliphatic rings. The second kappa shape index (κ2) is 8.13. The molecule has 0 unspecified atom stereocenters. The Balaban J connectivity index is 1.66. The van der Waals surface area contributed by atoms with E-state index in [9.17, 15) is 19.7 Å². The Labute approximate surface area is 160 Å². The standard InChI is InChI=1S/C21H16N2O5/c22-19-11-10-17(23(26)27)12-18(19)21(25)28-13-20(24)16-8-6-15(7-9-16)14-4-2-1-3-5-14/h1-12H,13,22H2. The molecular formula is C21H16N2O5. The van der Waals surface area contributed by atoms with Crippen LogP contribution in [-0.4, -0.2) is 23.3 Å². The Morgan fingerprint density at radius 2 is 1.57 bits per heavy atom. The molecule has 0 aliphatic heterocycles. The lowest BCUT2D eigenvalue weighted by atomic mass is 10.0. The molecule has 28 heavy (non-hydrogen) atoms. The van der Waals surface area contributed by atoms with Crippen LogP contribution in [0.2, 0.25) is 0 Å². The minimum Gasteiger partial charge on any atom is -0.454 e. The minimum atomic E-state index is -0.893. The van der Waals surface area contributed by atoms with Crippen LogP contribution in [-0.2, 0) is 4.74 Å². The molecule has 7 heteroatoms. The molecule has 0 spiro atoms. The number of carbonyl (C=O) groups is 2. The van der Waals surface area contributed by atoms with E-state index in [-0.39, 0.29) is 16.9 Å². The van der Waals surface area contributed by atoms with Gasteiger partial charge in [-0.15, -0.1) is 0 Å². The smallest absolute Gasteiger partial charge is 0.340 e. The average Bonchev–Trinajstić information content (AvgIpc) is 2.72. The Morgan fingerprint density at radius 3 is 2.21 bits per heavy atom. The summed E-state index contributed by atoms with van der Waals surface area (Å²) >= 11 is 0. The first-order valence-electron chi connectivity index (χ1n) is 8.35. The number of ether oxygens (including phenoxy) is 1. The van der Waals surface area contributed by atoms with Crippen LogP contribution in [0.3, 0.4) is 0 Å². The largest absolute Gasteiger partial charge is 0.454 e. The van der Waals surface area contributed by atoms with Crippen molar-refractivity contribution in [2.24, 2.45) is 0 Å². The second-order valence-electron chi connectivity index (χ2n) is 5.97. The summed E-state index contributed by atoms with van der Waals surface area (Å²) in [5, 5.41) is 10.8. The van der Waals surface area contributed by atoms with Crippen LogP contribution in [0.25, 0.3) is 11.1 Å². The lowest BCUT2D eigenvalue weighted by molar-refractivity contribution is -0.384. The van der Waals surface area contributed by atoms with E-state index in [4.69, 9.17) is 10.5 Å². The molecule has 7 nitrogen and oxygen atoms in total. The van der Waals surface area contributed by atoms with E-state index in [1.54, 1.807) is 12.1 Å². The predicted octanol–water partition coefficient (Wildman–Crippen LogP) is 3.88. The Morgan fingerprint density at radius 1 is 0.929 bits per heavy atom. The molecule has 0 atom stereocenters. The number of Topliss-reactive ketones (excluding diaryl/α,β-unsaturated/α-hetero) is 1. The van der Waals surface area contributed by atoms with E-state index in [1.165, 1.54) is 12.1 Å². The highest BCUT2D eigenvalue weighted by molar-refractivity contribution is 6.01. The zero-order valence-corrected chi connectivity index (χ0v) is 14.7. The molecule has 3 aromatic rings. The summed E-state index contributed by atoms with van der Waals surface area (Å²) in [6, 6.07) is 20.1. The van der Waals surface area contributed by atoms with Crippen molar-refractivity contribution < 1.29 is 19.2 Å². The summed E-state index contributed by atoms with van der Waals surface area (Å²) in [6.45, 7) is -0.494. The summed E-state index contributed by atoms with van der Waals surface area (Å²) in [5.74, 6) is -1.28. The molecule has 0 amide bonds. The van der Waals surface area contributed by atoms with Crippen molar-refractivity contribution in [3.8, 4) is 11.1 Å². The van der Waals surface area contributed by atoms with Crippen LogP contribution in [0.4, 0.5) is 11.4 Å². The van der Waals surface area contributed by atoms with Gasteiger partial charge in [-0.05, 0) is 17.2 Å². The molecule has 0 saturated carbocycles. The molecule has 0 heterocycles. The molecule has 2 N–H and O–H groups in total. The van der Waals surface area contributed by atoms with Gasteiger partial charge in [-0.25, -0.2) is 4.79 Å². The summed E-state index contributed by atoms with van der Waals surface area (Å²) in [7, 11) is 0. The fraction of sp³-hybridized carbons (Fsp3) is 0.0476. The van der Waals surface area contributed by atoms with Crippen molar-refractivity contribution in [3.05, 3.63) is 94.0 Å². The number of hydrogen-bond acceptors (Lipinski definition) is 6. The van der Waals surface area contributed by atoms with Crippen LogP contribution < -0.4 is 5.73 Å². The van der Waals surface area contributed by atoms with Gasteiger partial charge in [-0.2, -0.15) is 0 Å². The molecule has 0 radical (unpaired) electrons. The third-order valence-electron chi connectivity index (χ3n) is 4.12. The number of carbonyl (C=O) groups excluding carboxylic acids is 2. The predicted molar refractivity (Wildman–Crippen MR) is 104 cm³/mol. The number of ketones is 1. The molecule has 0 aliphatic carbocycles. The number of nitrogens with two attached hydrogens (primary N) is 1. The molecule has 0 fully saturated rings. The van der Waals surface area contributed by atoms with Gasteiger partial charge in [-0.3, -0.25) is 14.9 Å². The maximum absolute atomic E-state index is 12.3. The van der Waals surface area contributed by atoms with Gasteiger partial charge in [0.25, 0.3) is 5.69 Å². The number of nitro benzene ring substituents is 1. The van der Waals surface area contributed by atoms with E-state index in [0.29, 0.717) is 5.56 Å². The minimum absolute atomic E-state index is 0.0373. The quantitative estimate of drug-likeness (QED) is 0.230. The van der Waals surface area contributed by atoms with Crippen LogP contribution in [0, 0.1) is 10.1 Å². The third kappa shape index (κ3) is 4.21. The Bertz CT molecular complexity index is 1030. The molecule has 3 aromatic carbocycles. The first-order chi connectivity index (χ1) is 13.5. The summed E-state index contributed by atoms with van der Waals surface area (Å²) in [4.78, 5) is 34.6. The fourth-order valence-corrected chi connectivity index (χ4v) is 2.61. The maximum atomic E-state index is 12.3. The number of non-ortho nitro benzene ring substituents is 1. The van der Waals surface area contributed by atoms with Gasteiger partial charge < -0.3 is 10.5 Å². The number of rotatable bonds is 6. The highest BCUT2D eigenvalue weighted by Crippen LogP contribution is 2.21. The third-order valence-corrected chi connectivity index (χ3v) is 4.12. The van der Waals surface area contributed by atoms with Gasteiger partial charge in [0.05, 0.1) is 10.5 Å². The van der Waals surface area contributed by atoms with E-state index < -0.39 is 23.3 Å². The van der Waals surface area contributed by atoms with Gasteiger partial charge in [-0.1, -0.05) is 54.6 Å². The zero-order chi connectivity index (χ0) is 20.1. The van der Waals surface area contributed by atoms with E-state index >= 15 is 0 Å². The number of nitro groups is 1. The van der Waals surface area contributed by atoms with E-state index in [0.717, 1.165) is 17.2 Å². The van der Waals surface area contributed by atoms with Crippen LogP contribution in [0.15, 0.2) is 72.8 Å². The van der Waals surface area contributed by atoms with Gasteiger partial charge in [0.15, 0.2) is 12.4 Å². The van der Waals surface area contributed by atoms with Gasteiger partial charge in [0.2, 0.25) is 0 Å². The molecule has 0 saturated heterocycles. The number of hydrogen-bond donors (Lipinski definition) is 1. The van der Waals surface area contributed by atoms with Crippen molar-refractivity contribution in [1.82, 2.24) is 0 Å². The summed E-state index contributed by atoms with van der Waals surface area (Å²) < 4.78 is 4.98. The SMILES string of the molecule is Nc1ccc([N+](=O)[O-])cc1C(=O)OCC(=O)c1ccc(-c2ccccc2)cc1.